The van der Waals surface area contributed by atoms with Crippen LogP contribution in [0.25, 0.3) is 0 Å². The smallest absolute Gasteiger partial charge is 0.338 e. The molecule has 0 aliphatic carbocycles. The highest BCUT2D eigenvalue weighted by molar-refractivity contribution is 6.04. The van der Waals surface area contributed by atoms with Crippen molar-refractivity contribution in [1.29, 1.82) is 0 Å². The van der Waals surface area contributed by atoms with Crippen molar-refractivity contribution in [3.8, 4) is 0 Å². The number of aliphatic carboxylic acids is 1. The molecule has 0 atom stereocenters. The van der Waals surface area contributed by atoms with Gasteiger partial charge in [-0.25, -0.2) is 14.4 Å². The first-order chi connectivity index (χ1) is 22.9. The van der Waals surface area contributed by atoms with Gasteiger partial charge in [0.05, 0.1) is 30.2 Å². The van der Waals surface area contributed by atoms with Crippen LogP contribution in [0.15, 0.2) is 89.2 Å². The van der Waals surface area contributed by atoms with E-state index in [1.807, 2.05) is 45.9 Å². The molecule has 1 rings (SSSR count). The minimum Gasteiger partial charge on any atom is -0.478 e. The highest BCUT2D eigenvalue weighted by Gasteiger charge is 2.22. The molecular weight excluding hydrogens is 612 g/mol. The van der Waals surface area contributed by atoms with Crippen LogP contribution >= 0.6 is 0 Å². The molecule has 266 valence electrons. The first-order valence-electron chi connectivity index (χ1n) is 16.1. The van der Waals surface area contributed by atoms with E-state index in [9.17, 15) is 19.5 Å². The fourth-order valence-electron chi connectivity index (χ4n) is 4.14. The van der Waals surface area contributed by atoms with E-state index < -0.39 is 18.0 Å². The number of nitrogens with one attached hydrogen (secondary N) is 2. The lowest BCUT2D eigenvalue weighted by Crippen LogP contribution is -2.41. The van der Waals surface area contributed by atoms with Crippen LogP contribution in [0.4, 0.5) is 16.2 Å². The van der Waals surface area contributed by atoms with Crippen LogP contribution in [0.3, 0.4) is 0 Å². The summed E-state index contributed by atoms with van der Waals surface area (Å²) in [6.45, 7) is 20.6. The summed E-state index contributed by atoms with van der Waals surface area (Å²) < 4.78 is 15.5. The maximum absolute atomic E-state index is 13.8. The summed E-state index contributed by atoms with van der Waals surface area (Å²) in [6.07, 6.45) is 11.5. The lowest BCUT2D eigenvalue weighted by atomic mass is 10.0. The van der Waals surface area contributed by atoms with E-state index in [4.69, 9.17) is 19.9 Å². The molecule has 2 amide bonds. The zero-order valence-electron chi connectivity index (χ0n) is 30.0. The van der Waals surface area contributed by atoms with Gasteiger partial charge in [0.2, 0.25) is 0 Å². The molecule has 0 bridgehead atoms. The number of carboxylic acids is 1. The van der Waals surface area contributed by atoms with E-state index in [2.05, 4.69) is 24.1 Å². The second kappa shape index (κ2) is 25.6. The molecule has 0 radical (unpaired) electrons. The Morgan fingerprint density at radius 2 is 1.71 bits per heavy atom. The maximum Gasteiger partial charge on any atom is 0.338 e. The Balaban J connectivity index is 0.00000335. The Bertz CT molecular complexity index is 1340. The predicted octanol–water partition coefficient (Wildman–Crippen LogP) is 7.14. The topological polar surface area (TPSA) is 152 Å². The van der Waals surface area contributed by atoms with Crippen LogP contribution in [-0.4, -0.2) is 62.9 Å². The summed E-state index contributed by atoms with van der Waals surface area (Å²) in [6, 6.07) is 5.24. The molecule has 0 spiro atoms. The van der Waals surface area contributed by atoms with Gasteiger partial charge in [0.15, 0.2) is 0 Å². The van der Waals surface area contributed by atoms with Crippen molar-refractivity contribution in [2.45, 2.75) is 68.2 Å². The van der Waals surface area contributed by atoms with Crippen molar-refractivity contribution >= 4 is 29.3 Å². The Morgan fingerprint density at radius 1 is 1.04 bits per heavy atom. The van der Waals surface area contributed by atoms with Gasteiger partial charge >= 0.3 is 18.0 Å². The summed E-state index contributed by atoms with van der Waals surface area (Å²) in [5.74, 6) is -2.03. The van der Waals surface area contributed by atoms with Crippen molar-refractivity contribution in [2.75, 3.05) is 50.0 Å². The molecule has 5 N–H and O–H groups in total. The minimum atomic E-state index is -1.27. The first-order valence-corrected chi connectivity index (χ1v) is 16.1. The van der Waals surface area contributed by atoms with Crippen LogP contribution < -0.4 is 21.3 Å². The zero-order chi connectivity index (χ0) is 36.5. The van der Waals surface area contributed by atoms with E-state index in [1.54, 1.807) is 43.9 Å². The molecule has 0 fully saturated rings. The van der Waals surface area contributed by atoms with E-state index in [1.165, 1.54) is 18.2 Å². The number of hydrogen-bond donors (Lipinski definition) is 4. The van der Waals surface area contributed by atoms with Gasteiger partial charge in [-0.2, -0.15) is 0 Å². The van der Waals surface area contributed by atoms with Gasteiger partial charge in [0.1, 0.15) is 6.73 Å². The number of aryl methyl sites for hydroxylation is 1. The first kappa shape index (κ1) is 43.5. The third-order valence-electron chi connectivity index (χ3n) is 6.41. The lowest BCUT2D eigenvalue weighted by molar-refractivity contribution is -0.139. The predicted molar refractivity (Wildman–Crippen MR) is 195 cm³/mol. The van der Waals surface area contributed by atoms with Crippen molar-refractivity contribution < 1.29 is 33.7 Å². The van der Waals surface area contributed by atoms with Crippen molar-refractivity contribution in [3.05, 3.63) is 94.8 Å². The number of amides is 2. The van der Waals surface area contributed by atoms with Crippen LogP contribution in [0.1, 0.15) is 66.9 Å². The van der Waals surface area contributed by atoms with Crippen LogP contribution in [-0.2, 0) is 23.8 Å². The van der Waals surface area contributed by atoms with Crippen molar-refractivity contribution in [2.24, 2.45) is 5.73 Å². The van der Waals surface area contributed by atoms with Crippen molar-refractivity contribution in [1.82, 2.24) is 5.32 Å². The average molecular weight is 669 g/mol. The number of nitrogens with zero attached hydrogens (tertiary/aromatic N) is 1. The number of carbonyl (C=O) groups excluding carboxylic acids is 2. The second-order valence-corrected chi connectivity index (χ2v) is 10.5. The molecule has 48 heavy (non-hydrogen) atoms. The number of rotatable bonds is 19. The second-order valence-electron chi connectivity index (χ2n) is 10.5. The van der Waals surface area contributed by atoms with Crippen LogP contribution in [0.2, 0.25) is 0 Å². The molecule has 0 aromatic heterocycles. The molecule has 0 aliphatic rings. The zero-order valence-corrected chi connectivity index (χ0v) is 30.0. The monoisotopic (exact) mass is 668 g/mol. The molecule has 0 heterocycles. The number of carboxylic acid groups (broad SMARTS) is 1. The summed E-state index contributed by atoms with van der Waals surface area (Å²) in [7, 11) is 0. The molecule has 11 heteroatoms. The molecule has 1 aromatic rings. The van der Waals surface area contributed by atoms with Gasteiger partial charge < -0.3 is 35.7 Å². The molecule has 0 aliphatic heterocycles. The SMILES string of the molecule is C=C/C=C(C)\C(=C/C)NC(=O)N(C/C(C)=C/C(C(=O)OCC)=C(\C=C/C)C(=O)O)c1cc(NCOCCC)ccc1C.CCCOCN. The number of carbonyl (C=O) groups is 3. The van der Waals surface area contributed by atoms with E-state index in [0.29, 0.717) is 37.0 Å². The third-order valence-corrected chi connectivity index (χ3v) is 6.41. The number of ether oxygens (including phenoxy) is 3. The molecule has 0 saturated carbocycles. The van der Waals surface area contributed by atoms with E-state index in [0.717, 1.165) is 36.3 Å². The molecule has 0 unspecified atom stereocenters. The van der Waals surface area contributed by atoms with Crippen LogP contribution in [0.5, 0.6) is 0 Å². The van der Waals surface area contributed by atoms with Crippen LogP contribution in [0, 0.1) is 6.92 Å². The minimum absolute atomic E-state index is 0.0509. The van der Waals surface area contributed by atoms with Gasteiger partial charge in [0, 0.05) is 31.1 Å². The fraction of sp³-hybridized carbons (Fsp3) is 0.432. The molecule has 0 saturated heterocycles. The normalized spacial score (nSPS) is 12.5. The summed E-state index contributed by atoms with van der Waals surface area (Å²) in [5, 5.41) is 16.0. The largest absolute Gasteiger partial charge is 0.478 e. The van der Waals surface area contributed by atoms with E-state index >= 15 is 0 Å². The number of esters is 1. The number of allylic oxidation sites excluding steroid dienone is 5. The Hall–Kier alpha value is -4.45. The van der Waals surface area contributed by atoms with Gasteiger partial charge in [-0.15, -0.1) is 0 Å². The lowest BCUT2D eigenvalue weighted by Gasteiger charge is -2.27. The highest BCUT2D eigenvalue weighted by Crippen LogP contribution is 2.27. The Morgan fingerprint density at radius 3 is 2.23 bits per heavy atom. The number of urea groups is 1. The van der Waals surface area contributed by atoms with Gasteiger partial charge in [-0.05, 0) is 83.7 Å². The summed E-state index contributed by atoms with van der Waals surface area (Å²) >= 11 is 0. The Labute approximate surface area is 286 Å². The van der Waals surface area contributed by atoms with E-state index in [-0.39, 0.29) is 24.3 Å². The number of anilines is 2. The van der Waals surface area contributed by atoms with Gasteiger partial charge in [0.25, 0.3) is 0 Å². The summed E-state index contributed by atoms with van der Waals surface area (Å²) in [5.41, 5.74) is 8.87. The van der Waals surface area contributed by atoms with Crippen molar-refractivity contribution in [3.63, 3.8) is 0 Å². The quantitative estimate of drug-likeness (QED) is 0.0396. The summed E-state index contributed by atoms with van der Waals surface area (Å²) in [4.78, 5) is 40.2. The standard InChI is InChI=1S/C33H45N3O6.C4H11NO/c1-9-14-24(7)29(12-4)35-33(40)36(30-20-26(17-16-25(30)8)34-22-41-18-11-3)21-23(6)19-28(32(39)42-13-5)27(15-10-2)31(37)38;1-2-3-6-4-5/h9-10,12,14-17,19-20,34H,1,11,13,18,21-22H2,2-8H3,(H,35,40)(H,37,38);2-5H2,1H3/b15-10-,23-19+,24-14-,28-27-,29-12+;. The highest BCUT2D eigenvalue weighted by atomic mass is 16.5. The molecule has 11 nitrogen and oxygen atoms in total. The third kappa shape index (κ3) is 16.4. The Kier molecular flexibility index (Phi) is 23.2. The van der Waals surface area contributed by atoms with Gasteiger partial charge in [-0.3, -0.25) is 4.90 Å². The molecular formula is C37H56N4O7. The maximum atomic E-state index is 13.8. The van der Waals surface area contributed by atoms with Gasteiger partial charge in [-0.1, -0.05) is 62.4 Å². The average Bonchev–Trinajstić information content (AvgIpc) is 3.06. The fourth-order valence-corrected chi connectivity index (χ4v) is 4.14. The number of benzene rings is 1. The molecule has 1 aromatic carbocycles. The number of hydrogen-bond acceptors (Lipinski definition) is 8. The number of nitrogens with two attached hydrogens (primary N) is 1.